The molecule has 5 rings (SSSR count). The van der Waals surface area contributed by atoms with Gasteiger partial charge in [-0.2, -0.15) is 0 Å². The van der Waals surface area contributed by atoms with Gasteiger partial charge >= 0.3 is 0 Å². The summed E-state index contributed by atoms with van der Waals surface area (Å²) in [5, 5.41) is 0. The van der Waals surface area contributed by atoms with Crippen molar-refractivity contribution >= 4 is 35.3 Å². The van der Waals surface area contributed by atoms with Crippen LogP contribution in [0.15, 0.2) is 36.4 Å². The van der Waals surface area contributed by atoms with Gasteiger partial charge in [0.15, 0.2) is 0 Å². The van der Waals surface area contributed by atoms with Crippen LogP contribution in [0.5, 0.6) is 0 Å². The number of thioether (sulfide) groups is 3. The Labute approximate surface area is 209 Å². The van der Waals surface area contributed by atoms with Crippen LogP contribution in [0.3, 0.4) is 0 Å². The fourth-order valence-electron chi connectivity index (χ4n) is 2.98. The van der Waals surface area contributed by atoms with E-state index in [0.29, 0.717) is 0 Å². The van der Waals surface area contributed by atoms with E-state index in [4.69, 9.17) is 0 Å². The summed E-state index contributed by atoms with van der Waals surface area (Å²) >= 11 is 5.13. The van der Waals surface area contributed by atoms with Crippen LogP contribution in [0.1, 0.15) is 33.4 Å². The van der Waals surface area contributed by atoms with Gasteiger partial charge in [0, 0.05) is 33.4 Å². The van der Waals surface area contributed by atoms with Gasteiger partial charge in [-0.1, -0.05) is 71.0 Å². The number of hydrogen-bond acceptors (Lipinski definition) is 3. The van der Waals surface area contributed by atoms with Gasteiger partial charge < -0.3 is 0 Å². The summed E-state index contributed by atoms with van der Waals surface area (Å²) in [7, 11) is 0. The van der Waals surface area contributed by atoms with Crippen LogP contribution in [0.2, 0.25) is 0 Å². The molecule has 0 N–H and O–H groups in total. The number of hydrogen-bond donors (Lipinski definition) is 0. The zero-order valence-corrected chi connectivity index (χ0v) is 20.4. The van der Waals surface area contributed by atoms with Crippen LogP contribution in [0.25, 0.3) is 0 Å². The third-order valence-electron chi connectivity index (χ3n) is 4.31. The van der Waals surface area contributed by atoms with E-state index >= 15 is 0 Å². The Bertz CT molecular complexity index is 1120. The minimum Gasteiger partial charge on any atom is -0.136 e. The lowest BCUT2D eigenvalue weighted by atomic mass is 10.1. The molecular weight excluding hydrogens is 457 g/mol. The molecule has 0 spiro atoms. The second kappa shape index (κ2) is 12.8. The molecule has 0 aromatic heterocycles. The normalized spacial score (nSPS) is 14.2. The predicted octanol–water partition coefficient (Wildman–Crippen LogP) is 4.72. The van der Waals surface area contributed by atoms with Gasteiger partial charge in [-0.15, -0.1) is 35.3 Å². The van der Waals surface area contributed by atoms with Crippen LogP contribution >= 0.6 is 35.3 Å². The average Bonchev–Trinajstić information content (AvgIpc) is 2.81. The predicted molar refractivity (Wildman–Crippen MR) is 146 cm³/mol. The van der Waals surface area contributed by atoms with Crippen molar-refractivity contribution in [1.29, 1.82) is 0 Å². The molecule has 0 fully saturated rings. The van der Waals surface area contributed by atoms with Crippen molar-refractivity contribution in [2.24, 2.45) is 0 Å². The molecule has 0 saturated carbocycles. The molecule has 3 aliphatic rings. The van der Waals surface area contributed by atoms with Gasteiger partial charge in [-0.25, -0.2) is 0 Å². The fourth-order valence-corrected chi connectivity index (χ4v) is 4.33. The molecule has 0 nitrogen and oxygen atoms in total. The fraction of sp³-hybridized carbons (Fsp3) is 0.200. The molecule has 0 amide bonds. The van der Waals surface area contributed by atoms with E-state index < -0.39 is 0 Å². The van der Waals surface area contributed by atoms with Gasteiger partial charge in [0.2, 0.25) is 0 Å². The molecule has 0 unspecified atom stereocenters. The van der Waals surface area contributed by atoms with Crippen LogP contribution in [-0.4, -0.2) is 34.5 Å². The summed E-state index contributed by atoms with van der Waals surface area (Å²) in [5.74, 6) is 43.4. The number of benzene rings is 2. The first-order valence-corrected chi connectivity index (χ1v) is 13.8. The van der Waals surface area contributed by atoms with Crippen molar-refractivity contribution < 1.29 is 0 Å². The summed E-state index contributed by atoms with van der Waals surface area (Å²) in [6.45, 7) is 0. The molecule has 0 radical (unpaired) electrons. The lowest BCUT2D eigenvalue weighted by molar-refractivity contribution is 1.55. The molecule has 6 bridgehead atoms. The van der Waals surface area contributed by atoms with Gasteiger partial charge in [0.1, 0.15) is 0 Å². The third-order valence-corrected chi connectivity index (χ3v) is 6.40. The van der Waals surface area contributed by atoms with E-state index in [2.05, 4.69) is 71.0 Å². The lowest BCUT2D eigenvalue weighted by Crippen LogP contribution is -1.87. The van der Waals surface area contributed by atoms with Crippen molar-refractivity contribution in [3.8, 4) is 71.0 Å². The summed E-state index contributed by atoms with van der Waals surface area (Å²) < 4.78 is 0. The molecule has 33 heavy (non-hydrogen) atoms. The highest BCUT2D eigenvalue weighted by Gasteiger charge is 1.98. The molecule has 156 valence electrons. The Morgan fingerprint density at radius 1 is 0.333 bits per heavy atom. The number of fused-ring (bicyclic) bond motifs is 12. The third kappa shape index (κ3) is 8.04. The Balaban J connectivity index is 1.76. The molecule has 2 aromatic rings. The average molecular weight is 475 g/mol. The minimum absolute atomic E-state index is 0.723. The zero-order chi connectivity index (χ0) is 22.6. The van der Waals surface area contributed by atoms with Crippen LogP contribution in [0.4, 0.5) is 0 Å². The van der Waals surface area contributed by atoms with Crippen molar-refractivity contribution in [1.82, 2.24) is 0 Å². The van der Waals surface area contributed by atoms with E-state index in [1.165, 1.54) is 0 Å². The Hall–Kier alpha value is -3.15. The van der Waals surface area contributed by atoms with Crippen LogP contribution in [-0.2, 0) is 0 Å². The number of rotatable bonds is 0. The van der Waals surface area contributed by atoms with E-state index in [9.17, 15) is 0 Å². The second-order valence-corrected chi connectivity index (χ2v) is 9.84. The zero-order valence-electron chi connectivity index (χ0n) is 17.9. The largest absolute Gasteiger partial charge is 0.136 e. The molecule has 3 heterocycles. The van der Waals surface area contributed by atoms with Gasteiger partial charge in [-0.3, -0.25) is 0 Å². The van der Waals surface area contributed by atoms with Gasteiger partial charge in [-0.05, 0) is 36.4 Å². The first kappa shape index (κ1) is 23.0. The van der Waals surface area contributed by atoms with Crippen LogP contribution < -0.4 is 0 Å². The molecule has 3 heteroatoms. The summed E-state index contributed by atoms with van der Waals surface area (Å²) in [6, 6.07) is 12.2. The molecule has 0 aliphatic carbocycles. The first-order valence-electron chi connectivity index (χ1n) is 10.3. The van der Waals surface area contributed by atoms with E-state index in [1.807, 2.05) is 36.4 Å². The molecular formula is C30H18S3. The van der Waals surface area contributed by atoms with Crippen molar-refractivity contribution in [2.75, 3.05) is 34.5 Å². The standard InChI is InChI=1S/C30H18S3/c1-7-25-19-26-9-3-15-32-17-5-11-29-22-28(8-2-14-31-13-1)23-30(24-29)12-6-18-33-16-4-10-27(20-25)21-26/h19-24H,13-18H2. The minimum atomic E-state index is 0.723. The van der Waals surface area contributed by atoms with E-state index in [-0.39, 0.29) is 0 Å². The smallest absolute Gasteiger partial charge is 0.0560 e. The summed E-state index contributed by atoms with van der Waals surface area (Å²) in [5.41, 5.74) is 5.68. The summed E-state index contributed by atoms with van der Waals surface area (Å²) in [4.78, 5) is 0. The van der Waals surface area contributed by atoms with Crippen molar-refractivity contribution in [3.05, 3.63) is 69.8 Å². The van der Waals surface area contributed by atoms with Crippen molar-refractivity contribution in [2.45, 2.75) is 0 Å². The van der Waals surface area contributed by atoms with E-state index in [0.717, 1.165) is 67.9 Å². The lowest BCUT2D eigenvalue weighted by Gasteiger charge is -1.99. The summed E-state index contributed by atoms with van der Waals surface area (Å²) in [6.07, 6.45) is 0. The molecule has 0 atom stereocenters. The quantitative estimate of drug-likeness (QED) is 0.507. The highest BCUT2D eigenvalue weighted by molar-refractivity contribution is 8.00. The van der Waals surface area contributed by atoms with Crippen LogP contribution in [0, 0.1) is 71.0 Å². The molecule has 0 saturated heterocycles. The maximum absolute atomic E-state index is 3.27. The maximum Gasteiger partial charge on any atom is 0.0560 e. The Kier molecular flexibility index (Phi) is 8.91. The van der Waals surface area contributed by atoms with Gasteiger partial charge in [0.25, 0.3) is 0 Å². The maximum atomic E-state index is 3.27. The first-order chi connectivity index (χ1) is 16.3. The van der Waals surface area contributed by atoms with Gasteiger partial charge in [0.05, 0.1) is 34.5 Å². The van der Waals surface area contributed by atoms with E-state index in [1.54, 1.807) is 35.3 Å². The Morgan fingerprint density at radius 2 is 0.515 bits per heavy atom. The Morgan fingerprint density at radius 3 is 0.697 bits per heavy atom. The van der Waals surface area contributed by atoms with Crippen molar-refractivity contribution in [3.63, 3.8) is 0 Å². The highest BCUT2D eigenvalue weighted by atomic mass is 32.2. The molecule has 2 aromatic carbocycles. The topological polar surface area (TPSA) is 0 Å². The second-order valence-electron chi connectivity index (χ2n) is 6.89. The highest BCUT2D eigenvalue weighted by Crippen LogP contribution is 2.11. The SMILES string of the molecule is C1#Cc2cc3cc(c2)C#CCSCC#Cc2cc(cc(c2)C#CCSCC#C3)C#CCSC1. The monoisotopic (exact) mass is 474 g/mol. The molecule has 3 aliphatic heterocycles.